The number of aromatic nitrogens is 1. The van der Waals surface area contributed by atoms with E-state index in [2.05, 4.69) is 10.3 Å². The van der Waals surface area contributed by atoms with Crippen molar-refractivity contribution in [2.45, 2.75) is 32.2 Å². The molecule has 140 valence electrons. The molecule has 0 aliphatic carbocycles. The van der Waals surface area contributed by atoms with E-state index in [9.17, 15) is 14.4 Å². The molecule has 1 aromatic heterocycles. The van der Waals surface area contributed by atoms with Crippen LogP contribution in [0.1, 0.15) is 35.3 Å². The van der Waals surface area contributed by atoms with Gasteiger partial charge in [-0.15, -0.1) is 0 Å². The molecule has 0 radical (unpaired) electrons. The van der Waals surface area contributed by atoms with Gasteiger partial charge in [-0.1, -0.05) is 0 Å². The average molecular weight is 359 g/mol. The van der Waals surface area contributed by atoms with Gasteiger partial charge in [0.1, 0.15) is 0 Å². The highest BCUT2D eigenvalue weighted by Gasteiger charge is 2.31. The maximum atomic E-state index is 12.5. The van der Waals surface area contributed by atoms with E-state index in [-0.39, 0.29) is 29.8 Å². The number of hydrogen-bond donors (Lipinski definition) is 2. The molecule has 0 aromatic carbocycles. The summed E-state index contributed by atoms with van der Waals surface area (Å²) in [5.74, 6) is -0.487. The molecular formula is C18H25N5O3. The molecule has 3 rings (SSSR count). The first-order valence-electron chi connectivity index (χ1n) is 9.00. The number of nitrogens with two attached hydrogens (primary N) is 1. The summed E-state index contributed by atoms with van der Waals surface area (Å²) < 4.78 is 0. The number of pyridine rings is 1. The molecule has 1 aromatic rings. The first-order valence-corrected chi connectivity index (χ1v) is 9.00. The van der Waals surface area contributed by atoms with Crippen molar-refractivity contribution in [1.82, 2.24) is 20.1 Å². The van der Waals surface area contributed by atoms with Gasteiger partial charge in [0.05, 0.1) is 5.56 Å². The van der Waals surface area contributed by atoms with Crippen LogP contribution >= 0.6 is 0 Å². The summed E-state index contributed by atoms with van der Waals surface area (Å²) in [5.41, 5.74) is 6.76. The second-order valence-electron chi connectivity index (χ2n) is 7.04. The minimum Gasteiger partial charge on any atom is -0.369 e. The Morgan fingerprint density at radius 1 is 1.12 bits per heavy atom. The molecule has 8 nitrogen and oxygen atoms in total. The van der Waals surface area contributed by atoms with Gasteiger partial charge in [-0.3, -0.25) is 14.6 Å². The van der Waals surface area contributed by atoms with Crippen LogP contribution in [0.25, 0.3) is 0 Å². The van der Waals surface area contributed by atoms with Gasteiger partial charge in [-0.2, -0.15) is 0 Å². The summed E-state index contributed by atoms with van der Waals surface area (Å²) >= 11 is 0. The molecule has 0 saturated carbocycles. The molecule has 1 atom stereocenters. The van der Waals surface area contributed by atoms with E-state index in [1.807, 2.05) is 13.0 Å². The highest BCUT2D eigenvalue weighted by atomic mass is 16.2. The average Bonchev–Trinajstić information content (AvgIpc) is 3.10. The van der Waals surface area contributed by atoms with Gasteiger partial charge in [0.2, 0.25) is 5.91 Å². The first-order chi connectivity index (χ1) is 12.4. The Morgan fingerprint density at radius 3 is 2.42 bits per heavy atom. The molecule has 0 bridgehead atoms. The Labute approximate surface area is 152 Å². The number of nitrogens with zero attached hydrogens (tertiary/aromatic N) is 3. The zero-order valence-corrected chi connectivity index (χ0v) is 15.0. The molecule has 26 heavy (non-hydrogen) atoms. The summed E-state index contributed by atoms with van der Waals surface area (Å²) in [6.45, 7) is 4.05. The molecule has 2 saturated heterocycles. The SMILES string of the molecule is Cc1ccc(C(=O)N2CC[C@@H](NC(=O)N3CCC(C(N)=O)CC3)C2)cn1. The second kappa shape index (κ2) is 7.72. The number of likely N-dealkylation sites (tertiary alicyclic amines) is 2. The molecule has 0 spiro atoms. The number of hydrogen-bond acceptors (Lipinski definition) is 4. The van der Waals surface area contributed by atoms with Crippen LogP contribution in [-0.4, -0.2) is 64.9 Å². The van der Waals surface area contributed by atoms with Crippen molar-refractivity contribution < 1.29 is 14.4 Å². The van der Waals surface area contributed by atoms with Crippen LogP contribution in [0.15, 0.2) is 18.3 Å². The molecule has 3 N–H and O–H groups in total. The Morgan fingerprint density at radius 2 is 1.81 bits per heavy atom. The van der Waals surface area contributed by atoms with E-state index in [0.29, 0.717) is 44.6 Å². The molecular weight excluding hydrogens is 334 g/mol. The summed E-state index contributed by atoms with van der Waals surface area (Å²) in [4.78, 5) is 43.7. The van der Waals surface area contributed by atoms with Crippen molar-refractivity contribution in [2.24, 2.45) is 11.7 Å². The fourth-order valence-electron chi connectivity index (χ4n) is 3.47. The van der Waals surface area contributed by atoms with Gasteiger partial charge in [-0.25, -0.2) is 4.79 Å². The van der Waals surface area contributed by atoms with E-state index in [0.717, 1.165) is 12.1 Å². The zero-order valence-electron chi connectivity index (χ0n) is 15.0. The summed E-state index contributed by atoms with van der Waals surface area (Å²) in [6.07, 6.45) is 3.54. The minimum atomic E-state index is -0.291. The van der Waals surface area contributed by atoms with Gasteiger partial charge in [0.25, 0.3) is 5.91 Å². The van der Waals surface area contributed by atoms with Crippen molar-refractivity contribution in [2.75, 3.05) is 26.2 Å². The monoisotopic (exact) mass is 359 g/mol. The number of rotatable bonds is 3. The Hall–Kier alpha value is -2.64. The number of urea groups is 1. The van der Waals surface area contributed by atoms with Crippen LogP contribution < -0.4 is 11.1 Å². The van der Waals surface area contributed by atoms with E-state index in [1.165, 1.54) is 0 Å². The lowest BCUT2D eigenvalue weighted by molar-refractivity contribution is -0.123. The second-order valence-corrected chi connectivity index (χ2v) is 7.04. The van der Waals surface area contributed by atoms with Crippen molar-refractivity contribution >= 4 is 17.8 Å². The van der Waals surface area contributed by atoms with Crippen LogP contribution in [0.4, 0.5) is 4.79 Å². The Bertz CT molecular complexity index is 683. The fourth-order valence-corrected chi connectivity index (χ4v) is 3.47. The Balaban J connectivity index is 1.48. The molecule has 0 unspecified atom stereocenters. The van der Waals surface area contributed by atoms with E-state index in [1.54, 1.807) is 22.1 Å². The van der Waals surface area contributed by atoms with Crippen LogP contribution in [0.2, 0.25) is 0 Å². The normalized spacial score (nSPS) is 20.9. The summed E-state index contributed by atoms with van der Waals surface area (Å²) in [7, 11) is 0. The molecule has 2 aliphatic rings. The van der Waals surface area contributed by atoms with Crippen LogP contribution in [-0.2, 0) is 4.79 Å². The lowest BCUT2D eigenvalue weighted by Crippen LogP contribution is -2.49. The molecule has 2 fully saturated rings. The number of aryl methyl sites for hydroxylation is 1. The van der Waals surface area contributed by atoms with Gasteiger partial charge >= 0.3 is 6.03 Å². The fraction of sp³-hybridized carbons (Fsp3) is 0.556. The van der Waals surface area contributed by atoms with Crippen molar-refractivity contribution in [1.29, 1.82) is 0 Å². The maximum Gasteiger partial charge on any atom is 0.317 e. The summed E-state index contributed by atoms with van der Waals surface area (Å²) in [5, 5.41) is 3.00. The van der Waals surface area contributed by atoms with Gasteiger partial charge in [0, 0.05) is 50.0 Å². The van der Waals surface area contributed by atoms with Crippen molar-refractivity contribution in [3.8, 4) is 0 Å². The quantitative estimate of drug-likeness (QED) is 0.819. The number of amides is 4. The molecule has 2 aliphatic heterocycles. The number of primary amides is 1. The first kappa shape index (κ1) is 18.2. The molecule has 4 amide bonds. The largest absolute Gasteiger partial charge is 0.369 e. The number of carbonyl (C=O) groups excluding carboxylic acids is 3. The lowest BCUT2D eigenvalue weighted by atomic mass is 9.96. The number of piperidine rings is 1. The third-order valence-corrected chi connectivity index (χ3v) is 5.15. The van der Waals surface area contributed by atoms with Crippen molar-refractivity contribution in [3.05, 3.63) is 29.6 Å². The highest BCUT2D eigenvalue weighted by Crippen LogP contribution is 2.18. The van der Waals surface area contributed by atoms with Gasteiger partial charge in [0.15, 0.2) is 0 Å². The lowest BCUT2D eigenvalue weighted by Gasteiger charge is -2.31. The minimum absolute atomic E-state index is 0.0567. The highest BCUT2D eigenvalue weighted by molar-refractivity contribution is 5.94. The van der Waals surface area contributed by atoms with Gasteiger partial charge < -0.3 is 20.9 Å². The van der Waals surface area contributed by atoms with E-state index < -0.39 is 0 Å². The van der Waals surface area contributed by atoms with Gasteiger partial charge in [-0.05, 0) is 38.3 Å². The smallest absolute Gasteiger partial charge is 0.317 e. The number of nitrogens with one attached hydrogen (secondary N) is 1. The third-order valence-electron chi connectivity index (χ3n) is 5.15. The predicted molar refractivity (Wildman–Crippen MR) is 95.3 cm³/mol. The number of carbonyl (C=O) groups is 3. The third kappa shape index (κ3) is 4.12. The van der Waals surface area contributed by atoms with E-state index >= 15 is 0 Å². The Kier molecular flexibility index (Phi) is 5.39. The maximum absolute atomic E-state index is 12.5. The van der Waals surface area contributed by atoms with Crippen molar-refractivity contribution in [3.63, 3.8) is 0 Å². The van der Waals surface area contributed by atoms with Crippen LogP contribution in [0.5, 0.6) is 0 Å². The summed E-state index contributed by atoms with van der Waals surface area (Å²) in [6, 6.07) is 3.40. The van der Waals surface area contributed by atoms with Crippen LogP contribution in [0, 0.1) is 12.8 Å². The molecule has 3 heterocycles. The van der Waals surface area contributed by atoms with Crippen LogP contribution in [0.3, 0.4) is 0 Å². The standard InChI is InChI=1S/C18H25N5O3/c1-12-2-3-14(10-20-12)17(25)23-9-6-15(11-23)21-18(26)22-7-4-13(5-8-22)16(19)24/h2-3,10,13,15H,4-9,11H2,1H3,(H2,19,24)(H,21,26)/t15-/m1/s1. The zero-order chi connectivity index (χ0) is 18.7. The van der Waals surface area contributed by atoms with E-state index in [4.69, 9.17) is 5.73 Å². The predicted octanol–water partition coefficient (Wildman–Crippen LogP) is 0.511. The topological polar surface area (TPSA) is 109 Å². The molecule has 8 heteroatoms.